The highest BCUT2D eigenvalue weighted by Crippen LogP contribution is 2.32. The molecular weight excluding hydrogens is 356 g/mol. The zero-order chi connectivity index (χ0) is 19.5. The molecule has 0 atom stereocenters. The van der Waals surface area contributed by atoms with Crippen molar-refractivity contribution in [2.75, 3.05) is 14.2 Å². The fourth-order valence-corrected chi connectivity index (χ4v) is 3.14. The number of amides is 1. The maximum Gasteiger partial charge on any atom is 0.276 e. The highest BCUT2D eigenvalue weighted by atomic mass is 16.5. The van der Waals surface area contributed by atoms with Crippen molar-refractivity contribution in [2.45, 2.75) is 25.4 Å². The number of ether oxygens (including phenoxy) is 2. The Hall–Kier alpha value is -3.35. The number of rotatable bonds is 7. The van der Waals surface area contributed by atoms with Crippen molar-refractivity contribution in [2.24, 2.45) is 0 Å². The Morgan fingerprint density at radius 3 is 2.61 bits per heavy atom. The van der Waals surface area contributed by atoms with E-state index in [1.807, 2.05) is 53.4 Å². The maximum absolute atomic E-state index is 13.2. The lowest BCUT2D eigenvalue weighted by Crippen LogP contribution is -2.33. The molecule has 1 aromatic heterocycles. The van der Waals surface area contributed by atoms with Gasteiger partial charge in [-0.1, -0.05) is 18.2 Å². The molecule has 28 heavy (non-hydrogen) atoms. The summed E-state index contributed by atoms with van der Waals surface area (Å²) in [4.78, 5) is 16.5. The first-order chi connectivity index (χ1) is 13.7. The van der Waals surface area contributed by atoms with Crippen LogP contribution in [0.2, 0.25) is 0 Å². The third-order valence-electron chi connectivity index (χ3n) is 4.77. The number of methoxy groups -OCH3 is 2. The van der Waals surface area contributed by atoms with Gasteiger partial charge in [0.1, 0.15) is 11.5 Å². The van der Waals surface area contributed by atoms with Crippen molar-refractivity contribution in [1.82, 2.24) is 19.9 Å². The molecule has 2 aromatic carbocycles. The van der Waals surface area contributed by atoms with Gasteiger partial charge in [-0.15, -0.1) is 5.10 Å². The largest absolute Gasteiger partial charge is 0.497 e. The van der Waals surface area contributed by atoms with Gasteiger partial charge in [-0.3, -0.25) is 4.79 Å². The fourth-order valence-electron chi connectivity index (χ4n) is 3.14. The minimum Gasteiger partial charge on any atom is -0.497 e. The van der Waals surface area contributed by atoms with E-state index in [1.54, 1.807) is 14.2 Å². The average Bonchev–Trinajstić information content (AvgIpc) is 3.47. The maximum atomic E-state index is 13.2. The Morgan fingerprint density at radius 1 is 1.14 bits per heavy atom. The Kier molecular flexibility index (Phi) is 4.97. The summed E-state index contributed by atoms with van der Waals surface area (Å²) in [5, 5.41) is 8.64. The molecule has 1 heterocycles. The first-order valence-corrected chi connectivity index (χ1v) is 9.19. The number of aromatic nitrogens is 3. The van der Waals surface area contributed by atoms with Crippen LogP contribution >= 0.6 is 0 Å². The summed E-state index contributed by atoms with van der Waals surface area (Å²) in [5.41, 5.74) is 2.05. The first kappa shape index (κ1) is 18.0. The van der Waals surface area contributed by atoms with Crippen molar-refractivity contribution in [1.29, 1.82) is 0 Å². The van der Waals surface area contributed by atoms with Crippen LogP contribution in [0.3, 0.4) is 0 Å². The van der Waals surface area contributed by atoms with Gasteiger partial charge in [-0.2, -0.15) is 9.90 Å². The van der Waals surface area contributed by atoms with Gasteiger partial charge in [0.15, 0.2) is 5.69 Å². The molecule has 0 aliphatic heterocycles. The lowest BCUT2D eigenvalue weighted by Gasteiger charge is -2.23. The summed E-state index contributed by atoms with van der Waals surface area (Å²) in [6.45, 7) is 0.433. The van der Waals surface area contributed by atoms with Crippen molar-refractivity contribution in [3.63, 3.8) is 0 Å². The second kappa shape index (κ2) is 7.72. The van der Waals surface area contributed by atoms with Gasteiger partial charge < -0.3 is 14.4 Å². The zero-order valence-electron chi connectivity index (χ0n) is 15.9. The number of para-hydroxylation sites is 1. The Morgan fingerprint density at radius 2 is 1.93 bits per heavy atom. The van der Waals surface area contributed by atoms with E-state index in [2.05, 4.69) is 10.2 Å². The van der Waals surface area contributed by atoms with Crippen molar-refractivity contribution >= 4 is 5.91 Å². The molecule has 1 aliphatic rings. The number of carbonyl (C=O) groups excluding carboxylic acids is 1. The van der Waals surface area contributed by atoms with Crippen LogP contribution in [0.1, 0.15) is 28.9 Å². The first-order valence-electron chi connectivity index (χ1n) is 9.19. The van der Waals surface area contributed by atoms with Gasteiger partial charge in [-0.05, 0) is 43.2 Å². The predicted molar refractivity (Wildman–Crippen MR) is 104 cm³/mol. The second-order valence-corrected chi connectivity index (χ2v) is 6.70. The van der Waals surface area contributed by atoms with Gasteiger partial charge in [0.2, 0.25) is 0 Å². The zero-order valence-corrected chi connectivity index (χ0v) is 15.9. The Bertz CT molecular complexity index is 967. The van der Waals surface area contributed by atoms with Crippen molar-refractivity contribution < 1.29 is 14.3 Å². The minimum atomic E-state index is -0.130. The topological polar surface area (TPSA) is 69.5 Å². The summed E-state index contributed by atoms with van der Waals surface area (Å²) < 4.78 is 10.8. The molecule has 3 aromatic rings. The lowest BCUT2D eigenvalue weighted by atomic mass is 10.1. The fraction of sp³-hybridized carbons (Fsp3) is 0.286. The molecule has 0 unspecified atom stereocenters. The van der Waals surface area contributed by atoms with Crippen molar-refractivity contribution in [3.8, 4) is 17.2 Å². The van der Waals surface area contributed by atoms with E-state index >= 15 is 0 Å². The quantitative estimate of drug-likeness (QED) is 0.632. The van der Waals surface area contributed by atoms with Gasteiger partial charge in [0.25, 0.3) is 5.91 Å². The molecule has 1 aliphatic carbocycles. The summed E-state index contributed by atoms with van der Waals surface area (Å²) >= 11 is 0. The van der Waals surface area contributed by atoms with Crippen LogP contribution in [-0.2, 0) is 6.54 Å². The summed E-state index contributed by atoms with van der Waals surface area (Å²) in [6, 6.07) is 15.4. The number of hydrogen-bond acceptors (Lipinski definition) is 5. The van der Waals surface area contributed by atoms with E-state index in [-0.39, 0.29) is 11.9 Å². The minimum absolute atomic E-state index is 0.130. The van der Waals surface area contributed by atoms with E-state index in [4.69, 9.17) is 9.47 Å². The molecule has 0 bridgehead atoms. The van der Waals surface area contributed by atoms with E-state index in [0.29, 0.717) is 12.2 Å². The number of hydrogen-bond donors (Lipinski definition) is 0. The predicted octanol–water partition coefficient (Wildman–Crippen LogP) is 3.09. The lowest BCUT2D eigenvalue weighted by molar-refractivity contribution is 0.0722. The molecule has 1 fully saturated rings. The standard InChI is InChI=1S/C21H22N4O3/c1-27-18-10-11-20(28-2)15(12-18)14-24(16-8-9-16)21(26)19-13-22-25(23-19)17-6-4-3-5-7-17/h3-7,10-13,16H,8-9,14H2,1-2H3. The van der Waals surface area contributed by atoms with E-state index in [9.17, 15) is 4.79 Å². The third kappa shape index (κ3) is 3.69. The highest BCUT2D eigenvalue weighted by Gasteiger charge is 2.34. The molecule has 1 amide bonds. The van der Waals surface area contributed by atoms with E-state index in [0.717, 1.165) is 35.6 Å². The number of benzene rings is 2. The van der Waals surface area contributed by atoms with Crippen LogP contribution in [0.5, 0.6) is 11.5 Å². The SMILES string of the molecule is COc1ccc(OC)c(CN(C(=O)c2cnn(-c3ccccc3)n2)C2CC2)c1. The molecular formula is C21H22N4O3. The van der Waals surface area contributed by atoms with Crippen LogP contribution in [0.25, 0.3) is 5.69 Å². The normalized spacial score (nSPS) is 13.2. The highest BCUT2D eigenvalue weighted by molar-refractivity contribution is 5.92. The third-order valence-corrected chi connectivity index (χ3v) is 4.77. The average molecular weight is 378 g/mol. The number of carbonyl (C=O) groups is 1. The molecule has 4 rings (SSSR count). The van der Waals surface area contributed by atoms with Crippen molar-refractivity contribution in [3.05, 3.63) is 66.0 Å². The van der Waals surface area contributed by atoms with Crippen LogP contribution in [0.15, 0.2) is 54.7 Å². The monoisotopic (exact) mass is 378 g/mol. The molecule has 144 valence electrons. The van der Waals surface area contributed by atoms with Gasteiger partial charge in [-0.25, -0.2) is 0 Å². The van der Waals surface area contributed by atoms with Gasteiger partial charge in [0, 0.05) is 11.6 Å². The second-order valence-electron chi connectivity index (χ2n) is 6.70. The smallest absolute Gasteiger partial charge is 0.276 e. The van der Waals surface area contributed by atoms with E-state index in [1.165, 1.54) is 11.0 Å². The van der Waals surface area contributed by atoms with Crippen LogP contribution in [-0.4, -0.2) is 46.1 Å². The summed E-state index contributed by atoms with van der Waals surface area (Å²) in [5.74, 6) is 1.33. The van der Waals surface area contributed by atoms with Crippen LogP contribution in [0, 0.1) is 0 Å². The number of nitrogens with zero attached hydrogens (tertiary/aromatic N) is 4. The summed E-state index contributed by atoms with van der Waals surface area (Å²) in [6.07, 6.45) is 3.50. The Balaban J connectivity index is 1.59. The van der Waals surface area contributed by atoms with Crippen LogP contribution < -0.4 is 9.47 Å². The van der Waals surface area contributed by atoms with Crippen LogP contribution in [0.4, 0.5) is 0 Å². The summed E-state index contributed by atoms with van der Waals surface area (Å²) in [7, 11) is 3.25. The van der Waals surface area contributed by atoms with E-state index < -0.39 is 0 Å². The molecule has 0 N–H and O–H groups in total. The molecule has 0 saturated heterocycles. The molecule has 1 saturated carbocycles. The molecule has 0 spiro atoms. The van der Waals surface area contributed by atoms with Gasteiger partial charge >= 0.3 is 0 Å². The molecule has 7 heteroatoms. The van der Waals surface area contributed by atoms with Gasteiger partial charge in [0.05, 0.1) is 32.6 Å². The molecule has 0 radical (unpaired) electrons. The molecule has 7 nitrogen and oxygen atoms in total. The Labute approximate surface area is 163 Å².